The van der Waals surface area contributed by atoms with Crippen molar-refractivity contribution < 1.29 is 19.3 Å². The van der Waals surface area contributed by atoms with E-state index in [4.69, 9.17) is 14.2 Å². The Morgan fingerprint density at radius 2 is 2.06 bits per heavy atom. The molecule has 34 heavy (non-hydrogen) atoms. The molecule has 170 valence electrons. The Morgan fingerprint density at radius 1 is 1.12 bits per heavy atom. The lowest BCUT2D eigenvalue weighted by atomic mass is 9.83. The van der Waals surface area contributed by atoms with Crippen LogP contribution in [-0.4, -0.2) is 24.1 Å². The van der Waals surface area contributed by atoms with E-state index >= 15 is 0 Å². The number of nitrogens with zero attached hydrogens (tertiary/aromatic N) is 1. The highest BCUT2D eigenvalue weighted by Gasteiger charge is 2.45. The minimum Gasteiger partial charge on any atom is -0.489 e. The maximum atomic E-state index is 11.3. The summed E-state index contributed by atoms with van der Waals surface area (Å²) in [6.45, 7) is 0.921. The third kappa shape index (κ3) is 3.97. The van der Waals surface area contributed by atoms with Crippen molar-refractivity contribution >= 4 is 22.1 Å². The number of nitriles is 1. The smallest absolute Gasteiger partial charge is 0.161 e. The lowest BCUT2D eigenvalue weighted by Crippen LogP contribution is -2.39. The number of fused-ring (bicyclic) bond motifs is 3. The number of aliphatic hydroxyl groups is 1. The largest absolute Gasteiger partial charge is 0.489 e. The summed E-state index contributed by atoms with van der Waals surface area (Å²) in [6.07, 6.45) is 0.579. The van der Waals surface area contributed by atoms with Crippen LogP contribution in [0.25, 0.3) is 21.9 Å². The molecule has 0 spiro atoms. The first kappa shape index (κ1) is 21.3. The van der Waals surface area contributed by atoms with Crippen molar-refractivity contribution in [3.8, 4) is 22.9 Å². The zero-order valence-corrected chi connectivity index (χ0v) is 19.3. The average molecular weight is 470 g/mol. The minimum absolute atomic E-state index is 0.0569. The van der Waals surface area contributed by atoms with Gasteiger partial charge in [0, 0.05) is 12.8 Å². The molecule has 2 aliphatic heterocycles. The summed E-state index contributed by atoms with van der Waals surface area (Å²) in [6, 6.07) is 22.1. The molecule has 6 heteroatoms. The van der Waals surface area contributed by atoms with Gasteiger partial charge in [-0.2, -0.15) is 16.6 Å². The summed E-state index contributed by atoms with van der Waals surface area (Å²) < 4.78 is 17.4. The van der Waals surface area contributed by atoms with Gasteiger partial charge in [0.05, 0.1) is 29.9 Å². The Kier molecular flexibility index (Phi) is 5.35. The van der Waals surface area contributed by atoms with E-state index in [1.807, 2.05) is 53.9 Å². The van der Waals surface area contributed by atoms with Crippen LogP contribution in [0.4, 0.5) is 0 Å². The normalized spacial score (nSPS) is 23.6. The second kappa shape index (κ2) is 8.53. The van der Waals surface area contributed by atoms with Crippen molar-refractivity contribution in [1.29, 1.82) is 5.26 Å². The number of benzene rings is 3. The molecule has 0 aliphatic carbocycles. The van der Waals surface area contributed by atoms with E-state index in [2.05, 4.69) is 23.6 Å². The van der Waals surface area contributed by atoms with Gasteiger partial charge < -0.3 is 19.3 Å². The van der Waals surface area contributed by atoms with Gasteiger partial charge in [-0.05, 0) is 80.2 Å². The molecule has 4 aromatic rings. The van der Waals surface area contributed by atoms with Gasteiger partial charge in [-0.3, -0.25) is 0 Å². The van der Waals surface area contributed by atoms with Crippen molar-refractivity contribution in [2.45, 2.75) is 37.4 Å². The van der Waals surface area contributed by atoms with Crippen LogP contribution < -0.4 is 4.74 Å². The molecule has 2 fully saturated rings. The highest BCUT2D eigenvalue weighted by molar-refractivity contribution is 7.08. The Bertz CT molecular complexity index is 1380. The molecule has 0 amide bonds. The van der Waals surface area contributed by atoms with Gasteiger partial charge in [0.15, 0.2) is 6.29 Å². The number of ether oxygens (including phenoxy) is 3. The Labute approximate surface area is 201 Å². The second-order valence-electron chi connectivity index (χ2n) is 8.98. The zero-order valence-electron chi connectivity index (χ0n) is 18.4. The number of hydrogen-bond acceptors (Lipinski definition) is 6. The highest BCUT2D eigenvalue weighted by atomic mass is 32.1. The molecule has 1 N–H and O–H groups in total. The highest BCUT2D eigenvalue weighted by Crippen LogP contribution is 2.41. The van der Waals surface area contributed by atoms with Gasteiger partial charge in [0.1, 0.15) is 12.4 Å². The van der Waals surface area contributed by atoms with Crippen LogP contribution in [0, 0.1) is 11.3 Å². The van der Waals surface area contributed by atoms with Crippen LogP contribution in [0.1, 0.15) is 29.5 Å². The van der Waals surface area contributed by atoms with Crippen LogP contribution in [-0.2, 0) is 21.7 Å². The Hall–Kier alpha value is -3.21. The van der Waals surface area contributed by atoms with Crippen molar-refractivity contribution in [3.05, 3.63) is 88.1 Å². The summed E-state index contributed by atoms with van der Waals surface area (Å²) in [4.78, 5) is 0. The predicted molar refractivity (Wildman–Crippen MR) is 130 cm³/mol. The molecule has 3 atom stereocenters. The standard InChI is InChI=1S/C28H23NO4S/c29-14-19-8-21-11-23(4-5-25(21)26(10-19)20-6-7-34-17-20)31-15-18-2-1-3-22(9-18)28(30)12-24-16-32-27(13-28)33-24/h1-11,17,24,27,30H,12-13,15-16H2. The third-order valence-corrected chi connectivity index (χ3v) is 7.32. The van der Waals surface area contributed by atoms with Crippen LogP contribution in [0.15, 0.2) is 71.4 Å². The lowest BCUT2D eigenvalue weighted by molar-refractivity contribution is -0.159. The molecule has 5 nitrogen and oxygen atoms in total. The summed E-state index contributed by atoms with van der Waals surface area (Å²) in [5.74, 6) is 0.737. The van der Waals surface area contributed by atoms with Gasteiger partial charge >= 0.3 is 0 Å². The van der Waals surface area contributed by atoms with E-state index in [0.29, 0.717) is 31.6 Å². The third-order valence-electron chi connectivity index (χ3n) is 6.64. The van der Waals surface area contributed by atoms with Gasteiger partial charge in [-0.15, -0.1) is 0 Å². The summed E-state index contributed by atoms with van der Waals surface area (Å²) in [7, 11) is 0. The van der Waals surface area contributed by atoms with E-state index in [0.717, 1.165) is 38.8 Å². The van der Waals surface area contributed by atoms with E-state index in [9.17, 15) is 10.4 Å². The fraction of sp³-hybridized carbons (Fsp3) is 0.250. The first-order chi connectivity index (χ1) is 16.6. The Morgan fingerprint density at radius 3 is 2.88 bits per heavy atom. The molecular weight excluding hydrogens is 446 g/mol. The summed E-state index contributed by atoms with van der Waals surface area (Å²) in [5, 5.41) is 27.0. The molecule has 2 aliphatic rings. The van der Waals surface area contributed by atoms with Crippen LogP contribution in [0.2, 0.25) is 0 Å². The number of hydrogen-bond donors (Lipinski definition) is 1. The molecule has 0 saturated carbocycles. The maximum absolute atomic E-state index is 11.3. The average Bonchev–Trinajstić information content (AvgIpc) is 3.52. The Balaban J connectivity index is 1.24. The topological polar surface area (TPSA) is 71.7 Å². The van der Waals surface area contributed by atoms with E-state index < -0.39 is 5.60 Å². The first-order valence-corrected chi connectivity index (χ1v) is 12.3. The monoisotopic (exact) mass is 469 g/mol. The molecule has 0 radical (unpaired) electrons. The van der Waals surface area contributed by atoms with Crippen LogP contribution in [0.5, 0.6) is 5.75 Å². The lowest BCUT2D eigenvalue weighted by Gasteiger charge is -2.35. The number of thiophene rings is 1. The van der Waals surface area contributed by atoms with E-state index in [1.54, 1.807) is 11.3 Å². The minimum atomic E-state index is -0.950. The fourth-order valence-electron chi connectivity index (χ4n) is 4.97. The first-order valence-electron chi connectivity index (χ1n) is 11.3. The molecule has 3 aromatic carbocycles. The van der Waals surface area contributed by atoms with Crippen molar-refractivity contribution in [2.24, 2.45) is 0 Å². The fourth-order valence-corrected chi connectivity index (χ4v) is 5.63. The molecule has 1 aromatic heterocycles. The van der Waals surface area contributed by atoms with E-state index in [-0.39, 0.29) is 12.4 Å². The zero-order chi connectivity index (χ0) is 23.1. The van der Waals surface area contributed by atoms with Crippen molar-refractivity contribution in [1.82, 2.24) is 0 Å². The van der Waals surface area contributed by atoms with Crippen molar-refractivity contribution in [3.63, 3.8) is 0 Å². The maximum Gasteiger partial charge on any atom is 0.161 e. The van der Waals surface area contributed by atoms with Crippen LogP contribution >= 0.6 is 11.3 Å². The van der Waals surface area contributed by atoms with Gasteiger partial charge in [-0.25, -0.2) is 0 Å². The number of rotatable bonds is 5. The summed E-state index contributed by atoms with van der Waals surface area (Å²) in [5.41, 5.74) is 3.70. The predicted octanol–water partition coefficient (Wildman–Crippen LogP) is 5.74. The van der Waals surface area contributed by atoms with Gasteiger partial charge in [-0.1, -0.05) is 24.3 Å². The van der Waals surface area contributed by atoms with Gasteiger partial charge in [0.25, 0.3) is 0 Å². The molecule has 3 heterocycles. The SMILES string of the molecule is N#Cc1cc(-c2ccsc2)c2ccc(OCc3cccc(C4(O)CC5COC(C4)O5)c3)cc2c1. The molecule has 2 saturated heterocycles. The van der Waals surface area contributed by atoms with Crippen LogP contribution in [0.3, 0.4) is 0 Å². The second-order valence-corrected chi connectivity index (χ2v) is 9.76. The molecular formula is C28H23NO4S. The summed E-state index contributed by atoms with van der Waals surface area (Å²) >= 11 is 1.64. The van der Waals surface area contributed by atoms with Crippen molar-refractivity contribution in [2.75, 3.05) is 6.61 Å². The van der Waals surface area contributed by atoms with Gasteiger partial charge in [0.2, 0.25) is 0 Å². The quantitative estimate of drug-likeness (QED) is 0.403. The van der Waals surface area contributed by atoms with E-state index in [1.165, 1.54) is 0 Å². The molecule has 3 unspecified atom stereocenters. The molecule has 6 rings (SSSR count). The molecule has 2 bridgehead atoms.